The zero-order chi connectivity index (χ0) is 62.1. The summed E-state index contributed by atoms with van der Waals surface area (Å²) in [5.41, 5.74) is 3.00. The highest BCUT2D eigenvalue weighted by molar-refractivity contribution is 7.10. The van der Waals surface area contributed by atoms with Crippen LogP contribution in [0.5, 0.6) is 0 Å². The van der Waals surface area contributed by atoms with Crippen molar-refractivity contribution in [3.05, 3.63) is 247 Å². The summed E-state index contributed by atoms with van der Waals surface area (Å²) in [7, 11) is 0. The summed E-state index contributed by atoms with van der Waals surface area (Å²) in [5.74, 6) is -4.98. The standard InChI is InChI=1S/C31H24ClF2N5O3S.C22H17F2N5OS.C9H8Cl2O2/c1-20(29-38-28(15-43-29)23-7-5-21(14-35)6-8-23)31(16-39-18-36-17-37-39,26-10-9-25(33)12-27(26)34)42-19-41-30(40)24-4-2-3-22(11-24)13-32;1-14(21-28-20(10-31-21)16-4-2-15(9-25)3-5-16)22(30,11-29-13-26-12-27-29)18-7-6-17(23)8-19(18)24;10-5-7-2-1-3-8(4-7)9(12)13-6-11/h2-12,15,17-18,20H,13,16,19H2,1H3;2-8,10,12-14,30H,11H2,1H3;1-4H,5-6H2/t20-,31?;14-,22?;/m00./s1. The molecule has 0 aliphatic heterocycles. The first-order valence-electron chi connectivity index (χ1n) is 26.0. The molecule has 0 aliphatic carbocycles. The van der Waals surface area contributed by atoms with E-state index in [4.69, 9.17) is 59.8 Å². The van der Waals surface area contributed by atoms with Crippen molar-refractivity contribution in [1.29, 1.82) is 10.5 Å². The quantitative estimate of drug-likeness (QED) is 0.0325. The normalized spacial score (nSPS) is 13.0. The first-order chi connectivity index (χ1) is 42.0. The maximum atomic E-state index is 15.6. The number of ether oxygens (including phenoxy) is 3. The van der Waals surface area contributed by atoms with Crippen molar-refractivity contribution >= 4 is 69.4 Å². The van der Waals surface area contributed by atoms with Crippen molar-refractivity contribution in [3.63, 3.8) is 0 Å². The van der Waals surface area contributed by atoms with Gasteiger partial charge < -0.3 is 19.3 Å². The van der Waals surface area contributed by atoms with E-state index in [2.05, 4.69) is 42.0 Å². The Balaban J connectivity index is 0.000000193. The molecule has 444 valence electrons. The Labute approximate surface area is 519 Å². The molecule has 2 unspecified atom stereocenters. The number of aliphatic hydroxyl groups is 1. The molecule has 87 heavy (non-hydrogen) atoms. The minimum absolute atomic E-state index is 0.0206. The Morgan fingerprint density at radius 2 is 1.09 bits per heavy atom. The van der Waals surface area contributed by atoms with E-state index in [-0.39, 0.29) is 41.7 Å². The first-order valence-corrected chi connectivity index (χ1v) is 29.4. The average Bonchev–Trinajstić information content (AvgIpc) is 2.00. The van der Waals surface area contributed by atoms with Gasteiger partial charge in [0, 0.05) is 68.7 Å². The molecule has 6 aromatic carbocycles. The first kappa shape index (κ1) is 64.3. The van der Waals surface area contributed by atoms with Gasteiger partial charge in [-0.3, -0.25) is 0 Å². The molecule has 25 heteroatoms. The Bertz CT molecular complexity index is 4020. The highest BCUT2D eigenvalue weighted by Gasteiger charge is 2.45. The lowest BCUT2D eigenvalue weighted by Crippen LogP contribution is -2.42. The number of carbonyl (C=O) groups is 2. The smallest absolute Gasteiger partial charge is 0.340 e. The van der Waals surface area contributed by atoms with Gasteiger partial charge >= 0.3 is 11.9 Å². The number of rotatable bonds is 20. The number of nitriles is 2. The lowest BCUT2D eigenvalue weighted by atomic mass is 9.81. The van der Waals surface area contributed by atoms with E-state index in [1.54, 1.807) is 105 Å². The van der Waals surface area contributed by atoms with Crippen LogP contribution < -0.4 is 0 Å². The summed E-state index contributed by atoms with van der Waals surface area (Å²) in [6.07, 6.45) is 5.51. The molecule has 4 heterocycles. The monoisotopic (exact) mass is 1270 g/mol. The molecule has 0 bridgehead atoms. The number of aromatic nitrogens is 8. The van der Waals surface area contributed by atoms with Gasteiger partial charge in [0.25, 0.3) is 0 Å². The fourth-order valence-corrected chi connectivity index (χ4v) is 11.4. The van der Waals surface area contributed by atoms with Gasteiger partial charge in [0.1, 0.15) is 59.8 Å². The van der Waals surface area contributed by atoms with Gasteiger partial charge in [0.2, 0.25) is 0 Å². The van der Waals surface area contributed by atoms with E-state index in [0.29, 0.717) is 44.0 Å². The number of hydrogen-bond donors (Lipinski definition) is 1. The van der Waals surface area contributed by atoms with Gasteiger partial charge in [-0.05, 0) is 71.8 Å². The van der Waals surface area contributed by atoms with Crippen LogP contribution >= 0.6 is 57.5 Å². The third-order valence-electron chi connectivity index (χ3n) is 13.7. The van der Waals surface area contributed by atoms with Gasteiger partial charge in [-0.15, -0.1) is 45.9 Å². The molecule has 0 saturated heterocycles. The molecule has 0 radical (unpaired) electrons. The predicted octanol–water partition coefficient (Wildman–Crippen LogP) is 13.8. The summed E-state index contributed by atoms with van der Waals surface area (Å²) in [4.78, 5) is 41.4. The summed E-state index contributed by atoms with van der Waals surface area (Å²) >= 11 is 19.4. The van der Waals surface area contributed by atoms with E-state index in [1.807, 2.05) is 16.8 Å². The van der Waals surface area contributed by atoms with Crippen LogP contribution in [-0.2, 0) is 50.3 Å². The van der Waals surface area contributed by atoms with Crippen LogP contribution in [0.3, 0.4) is 0 Å². The van der Waals surface area contributed by atoms with Crippen molar-refractivity contribution in [2.45, 2.75) is 61.7 Å². The van der Waals surface area contributed by atoms with E-state index in [9.17, 15) is 27.9 Å². The lowest BCUT2D eigenvalue weighted by Gasteiger charge is -2.38. The lowest BCUT2D eigenvalue weighted by molar-refractivity contribution is -0.148. The van der Waals surface area contributed by atoms with E-state index < -0.39 is 65.0 Å². The topological polar surface area (TPSA) is 217 Å². The second-order valence-electron chi connectivity index (χ2n) is 19.1. The van der Waals surface area contributed by atoms with E-state index in [0.717, 1.165) is 46.5 Å². The van der Waals surface area contributed by atoms with Gasteiger partial charge in [0.15, 0.2) is 12.9 Å². The average molecular weight is 1280 g/mol. The highest BCUT2D eigenvalue weighted by atomic mass is 35.5. The van der Waals surface area contributed by atoms with Crippen LogP contribution in [0, 0.1) is 45.9 Å². The van der Waals surface area contributed by atoms with E-state index >= 15 is 4.39 Å². The van der Waals surface area contributed by atoms with Crippen molar-refractivity contribution < 1.29 is 46.5 Å². The van der Waals surface area contributed by atoms with Gasteiger partial charge in [0.05, 0.1) is 68.9 Å². The fourth-order valence-electron chi connectivity index (χ4n) is 8.99. The van der Waals surface area contributed by atoms with Crippen LogP contribution in [0.25, 0.3) is 22.5 Å². The minimum atomic E-state index is -1.76. The third-order valence-corrected chi connectivity index (χ3v) is 16.4. The Hall–Kier alpha value is -8.71. The molecule has 0 spiro atoms. The number of nitrogens with zero attached hydrogens (tertiary/aromatic N) is 10. The number of halogens is 7. The van der Waals surface area contributed by atoms with E-state index in [1.165, 1.54) is 69.5 Å². The number of carbonyl (C=O) groups excluding carboxylic acids is 2. The molecule has 4 aromatic heterocycles. The minimum Gasteiger partial charge on any atom is -0.446 e. The van der Waals surface area contributed by atoms with Crippen molar-refractivity contribution in [1.82, 2.24) is 39.5 Å². The van der Waals surface area contributed by atoms with Gasteiger partial charge in [-0.1, -0.05) is 86.1 Å². The maximum absolute atomic E-state index is 15.6. The number of benzene rings is 6. The largest absolute Gasteiger partial charge is 0.446 e. The molecule has 16 nitrogen and oxygen atoms in total. The van der Waals surface area contributed by atoms with Crippen LogP contribution in [0.15, 0.2) is 170 Å². The summed E-state index contributed by atoms with van der Waals surface area (Å²) < 4.78 is 77.2. The molecule has 0 saturated carbocycles. The maximum Gasteiger partial charge on any atom is 0.340 e. The molecular formula is C62H49Cl3F4N10O6S2. The number of thiazole rings is 2. The highest BCUT2D eigenvalue weighted by Crippen LogP contribution is 2.45. The Morgan fingerprint density at radius 3 is 1.54 bits per heavy atom. The summed E-state index contributed by atoms with van der Waals surface area (Å²) in [6, 6.07) is 37.9. The van der Waals surface area contributed by atoms with Gasteiger partial charge in [-0.2, -0.15) is 20.7 Å². The second kappa shape index (κ2) is 30.1. The van der Waals surface area contributed by atoms with Crippen LogP contribution in [-0.4, -0.2) is 69.4 Å². The number of alkyl halides is 3. The van der Waals surface area contributed by atoms with Crippen LogP contribution in [0.2, 0.25) is 0 Å². The predicted molar refractivity (Wildman–Crippen MR) is 319 cm³/mol. The summed E-state index contributed by atoms with van der Waals surface area (Å²) in [5, 5.41) is 42.8. The molecule has 0 amide bonds. The van der Waals surface area contributed by atoms with Crippen molar-refractivity contribution in [3.8, 4) is 34.7 Å². The molecule has 4 atom stereocenters. The molecule has 10 aromatic rings. The summed E-state index contributed by atoms with van der Waals surface area (Å²) in [6.45, 7) is 2.81. The van der Waals surface area contributed by atoms with Gasteiger partial charge in [-0.25, -0.2) is 56.5 Å². The molecule has 0 fully saturated rings. The zero-order valence-electron chi connectivity index (χ0n) is 46.0. The molecular weight excluding hydrogens is 1230 g/mol. The SMILES string of the molecule is C[C@@H](c1nc(-c2ccc(C#N)cc2)cs1)C(Cn1cncn1)(OCOC(=O)c1cccc(CCl)c1)c1ccc(F)cc1F.C[C@@H](c1nc(-c2ccc(C#N)cc2)cs1)C(O)(Cn1cncn1)c1ccc(F)cc1F.O=C(OCCl)c1cccc(CCl)c1. The van der Waals surface area contributed by atoms with Crippen molar-refractivity contribution in [2.75, 3.05) is 12.9 Å². The molecule has 1 N–H and O–H groups in total. The zero-order valence-corrected chi connectivity index (χ0v) is 49.9. The van der Waals surface area contributed by atoms with Crippen LogP contribution in [0.1, 0.15) is 89.8 Å². The molecule has 10 rings (SSSR count). The fraction of sp³-hybridized carbons (Fsp3) is 0.194. The number of esters is 2. The second-order valence-corrected chi connectivity index (χ2v) is 21.6. The molecule has 0 aliphatic rings. The van der Waals surface area contributed by atoms with Crippen LogP contribution in [0.4, 0.5) is 17.6 Å². The number of hydrogen-bond acceptors (Lipinski definition) is 16. The van der Waals surface area contributed by atoms with Crippen molar-refractivity contribution in [2.24, 2.45) is 0 Å². The Morgan fingerprint density at radius 1 is 0.621 bits per heavy atom. The third kappa shape index (κ3) is 16.0. The Kier molecular flexibility index (Phi) is 22.2.